The fourth-order valence-corrected chi connectivity index (χ4v) is 2.58. The molecule has 8 heteroatoms. The summed E-state index contributed by atoms with van der Waals surface area (Å²) < 4.78 is 0. The largest absolute Gasteiger partial charge is 0.352 e. The summed E-state index contributed by atoms with van der Waals surface area (Å²) in [4.78, 5) is 13.9. The lowest BCUT2D eigenvalue weighted by molar-refractivity contribution is 0.803. The molecule has 5 nitrogen and oxygen atoms in total. The van der Waals surface area contributed by atoms with Crippen LogP contribution in [0.4, 0.5) is 0 Å². The van der Waals surface area contributed by atoms with Crippen LogP contribution in [0.15, 0.2) is 29.5 Å². The molecule has 0 spiro atoms. The Hall–Kier alpha value is -0.930. The van der Waals surface area contributed by atoms with Crippen molar-refractivity contribution in [2.75, 3.05) is 7.05 Å². The van der Waals surface area contributed by atoms with Gasteiger partial charge in [-0.1, -0.05) is 24.6 Å². The third kappa shape index (κ3) is 6.05. The quantitative estimate of drug-likeness (QED) is 0.317. The minimum atomic E-state index is 0. The summed E-state index contributed by atoms with van der Waals surface area (Å²) >= 11 is 7.48. The third-order valence-corrected chi connectivity index (χ3v) is 4.19. The minimum Gasteiger partial charge on any atom is -0.352 e. The van der Waals surface area contributed by atoms with Crippen molar-refractivity contribution in [2.24, 2.45) is 4.99 Å². The van der Waals surface area contributed by atoms with Crippen molar-refractivity contribution in [3.05, 3.63) is 45.1 Å². The Morgan fingerprint density at radius 3 is 2.59 bits per heavy atom. The average molecular weight is 452 g/mol. The first kappa shape index (κ1) is 19.1. The number of nitrogens with zero attached hydrogens (tertiary/aromatic N) is 3. The van der Waals surface area contributed by atoms with Gasteiger partial charge in [0.05, 0.1) is 6.54 Å². The highest BCUT2D eigenvalue weighted by Crippen LogP contribution is 2.12. The summed E-state index contributed by atoms with van der Waals surface area (Å²) in [5.41, 5.74) is 1.05. The molecule has 0 bridgehead atoms. The number of hydrogen-bond donors (Lipinski definition) is 2. The third-order valence-electron chi connectivity index (χ3n) is 2.83. The van der Waals surface area contributed by atoms with E-state index in [0.717, 1.165) is 23.0 Å². The van der Waals surface area contributed by atoms with Crippen LogP contribution in [0.2, 0.25) is 5.15 Å². The van der Waals surface area contributed by atoms with Gasteiger partial charge < -0.3 is 10.6 Å². The van der Waals surface area contributed by atoms with Gasteiger partial charge in [-0.25, -0.2) is 9.97 Å². The molecular weight excluding hydrogens is 433 g/mol. The van der Waals surface area contributed by atoms with E-state index >= 15 is 0 Å². The van der Waals surface area contributed by atoms with Crippen molar-refractivity contribution in [1.29, 1.82) is 0 Å². The van der Waals surface area contributed by atoms with Gasteiger partial charge in [0.2, 0.25) is 0 Å². The minimum absolute atomic E-state index is 0. The van der Waals surface area contributed by atoms with E-state index in [0.29, 0.717) is 18.2 Å². The molecule has 0 aliphatic rings. The SMILES string of the molecule is CCc1cnc(CNC(=NC)NCc2ccc(Cl)nc2)s1.I. The van der Waals surface area contributed by atoms with E-state index in [2.05, 4.69) is 32.5 Å². The normalized spacial score (nSPS) is 11.0. The molecule has 2 aromatic heterocycles. The highest BCUT2D eigenvalue weighted by atomic mass is 127. The van der Waals surface area contributed by atoms with Crippen LogP contribution in [0, 0.1) is 0 Å². The topological polar surface area (TPSA) is 62.2 Å². The zero-order valence-electron chi connectivity index (χ0n) is 12.5. The summed E-state index contributed by atoms with van der Waals surface area (Å²) in [6, 6.07) is 3.71. The van der Waals surface area contributed by atoms with Gasteiger partial charge in [0, 0.05) is 30.9 Å². The second kappa shape index (κ2) is 9.96. The molecule has 0 aliphatic carbocycles. The van der Waals surface area contributed by atoms with Crippen molar-refractivity contribution >= 4 is 52.9 Å². The summed E-state index contributed by atoms with van der Waals surface area (Å²) in [5, 5.41) is 8.03. The Balaban J connectivity index is 0.00000242. The summed E-state index contributed by atoms with van der Waals surface area (Å²) in [7, 11) is 1.74. The molecule has 0 aliphatic heterocycles. The number of hydrogen-bond acceptors (Lipinski definition) is 4. The fourth-order valence-electron chi connectivity index (χ4n) is 1.67. The molecule has 0 fully saturated rings. The van der Waals surface area contributed by atoms with E-state index < -0.39 is 0 Å². The van der Waals surface area contributed by atoms with Crippen LogP contribution in [0.5, 0.6) is 0 Å². The highest BCUT2D eigenvalue weighted by molar-refractivity contribution is 14.0. The molecule has 0 aromatic carbocycles. The number of aromatic nitrogens is 2. The number of thiazole rings is 1. The van der Waals surface area contributed by atoms with Crippen LogP contribution >= 0.6 is 46.9 Å². The van der Waals surface area contributed by atoms with E-state index in [9.17, 15) is 0 Å². The lowest BCUT2D eigenvalue weighted by Gasteiger charge is -2.10. The standard InChI is InChI=1S/C14H18ClN5S.HI/c1-3-11-8-18-13(21-11)9-20-14(16-2)19-7-10-4-5-12(15)17-6-10;/h4-6,8H,3,7,9H2,1-2H3,(H2,16,19,20);1H. The summed E-state index contributed by atoms with van der Waals surface area (Å²) in [5.74, 6) is 0.734. The molecule has 2 heterocycles. The van der Waals surface area contributed by atoms with Crippen LogP contribution in [0.3, 0.4) is 0 Å². The number of halogens is 2. The Kier molecular flexibility index (Phi) is 8.66. The number of rotatable bonds is 5. The van der Waals surface area contributed by atoms with Gasteiger partial charge >= 0.3 is 0 Å². The number of aryl methyl sites for hydroxylation is 1. The number of nitrogens with one attached hydrogen (secondary N) is 2. The van der Waals surface area contributed by atoms with Gasteiger partial charge in [-0.05, 0) is 18.1 Å². The molecule has 0 saturated heterocycles. The molecule has 0 saturated carbocycles. The van der Waals surface area contributed by atoms with Crippen LogP contribution in [-0.4, -0.2) is 23.0 Å². The van der Waals surface area contributed by atoms with Crippen molar-refractivity contribution in [3.63, 3.8) is 0 Å². The smallest absolute Gasteiger partial charge is 0.191 e. The lowest BCUT2D eigenvalue weighted by Crippen LogP contribution is -2.36. The van der Waals surface area contributed by atoms with E-state index in [1.165, 1.54) is 4.88 Å². The van der Waals surface area contributed by atoms with Crippen molar-refractivity contribution in [1.82, 2.24) is 20.6 Å². The molecule has 0 amide bonds. The van der Waals surface area contributed by atoms with Gasteiger partial charge in [-0.15, -0.1) is 35.3 Å². The van der Waals surface area contributed by atoms with E-state index in [4.69, 9.17) is 11.6 Å². The number of guanidine groups is 1. The van der Waals surface area contributed by atoms with E-state index in [1.807, 2.05) is 12.3 Å². The number of pyridine rings is 1. The molecule has 0 atom stereocenters. The van der Waals surface area contributed by atoms with Crippen LogP contribution in [0.25, 0.3) is 0 Å². The molecule has 120 valence electrons. The van der Waals surface area contributed by atoms with Gasteiger partial charge in [0.25, 0.3) is 0 Å². The van der Waals surface area contributed by atoms with E-state index in [1.54, 1.807) is 30.6 Å². The second-order valence-corrected chi connectivity index (χ2v) is 5.93. The summed E-state index contributed by atoms with van der Waals surface area (Å²) in [6.07, 6.45) is 4.70. The molecule has 0 unspecified atom stereocenters. The molecule has 22 heavy (non-hydrogen) atoms. The lowest BCUT2D eigenvalue weighted by atomic mass is 10.3. The fraction of sp³-hybridized carbons (Fsp3) is 0.357. The molecule has 0 radical (unpaired) electrons. The Bertz CT molecular complexity index is 600. The monoisotopic (exact) mass is 451 g/mol. The predicted octanol–water partition coefficient (Wildman–Crippen LogP) is 3.24. The van der Waals surface area contributed by atoms with Gasteiger partial charge in [0.15, 0.2) is 5.96 Å². The van der Waals surface area contributed by atoms with Crippen LogP contribution in [0.1, 0.15) is 22.4 Å². The Labute approximate surface area is 156 Å². The molecular formula is C14H19ClIN5S. The average Bonchev–Trinajstić information content (AvgIpc) is 2.97. The zero-order chi connectivity index (χ0) is 15.1. The van der Waals surface area contributed by atoms with Gasteiger partial charge in [-0.2, -0.15) is 0 Å². The van der Waals surface area contributed by atoms with Crippen LogP contribution in [-0.2, 0) is 19.5 Å². The maximum Gasteiger partial charge on any atom is 0.191 e. The first-order valence-electron chi connectivity index (χ1n) is 6.69. The Morgan fingerprint density at radius 1 is 1.23 bits per heavy atom. The van der Waals surface area contributed by atoms with Gasteiger partial charge in [0.1, 0.15) is 10.2 Å². The predicted molar refractivity (Wildman–Crippen MR) is 103 cm³/mol. The summed E-state index contributed by atoms with van der Waals surface area (Å²) in [6.45, 7) is 3.44. The molecule has 2 N–H and O–H groups in total. The van der Waals surface area contributed by atoms with Crippen molar-refractivity contribution in [3.8, 4) is 0 Å². The van der Waals surface area contributed by atoms with Crippen molar-refractivity contribution in [2.45, 2.75) is 26.4 Å². The van der Waals surface area contributed by atoms with Crippen molar-refractivity contribution < 1.29 is 0 Å². The maximum absolute atomic E-state index is 5.76. The molecule has 2 rings (SSSR count). The highest BCUT2D eigenvalue weighted by Gasteiger charge is 2.03. The zero-order valence-corrected chi connectivity index (χ0v) is 16.4. The van der Waals surface area contributed by atoms with Gasteiger partial charge in [-0.3, -0.25) is 4.99 Å². The van der Waals surface area contributed by atoms with E-state index in [-0.39, 0.29) is 24.0 Å². The van der Waals surface area contributed by atoms with Crippen LogP contribution < -0.4 is 10.6 Å². The maximum atomic E-state index is 5.76. The number of aliphatic imine (C=N–C) groups is 1. The first-order valence-corrected chi connectivity index (χ1v) is 7.89. The first-order chi connectivity index (χ1) is 10.2. The Morgan fingerprint density at radius 2 is 2.00 bits per heavy atom. The second-order valence-electron chi connectivity index (χ2n) is 4.34. The molecule has 2 aromatic rings.